The molecule has 0 aromatic carbocycles. The number of rotatable bonds is 2. The fraction of sp³-hybridized carbons (Fsp3) is 0.889. The second-order valence-electron chi connectivity index (χ2n) is 3.51. The summed E-state index contributed by atoms with van der Waals surface area (Å²) in [4.78, 5) is 0. The number of nitrogens with zero attached hydrogens (tertiary/aromatic N) is 1. The van der Waals surface area contributed by atoms with Gasteiger partial charge in [0.25, 0.3) is 0 Å². The van der Waals surface area contributed by atoms with Gasteiger partial charge in [0, 0.05) is 13.1 Å². The molecule has 68 valence electrons. The molecule has 1 aliphatic heterocycles. The molecular weight excluding hydrogens is 150 g/mol. The molecule has 3 heteroatoms. The highest BCUT2D eigenvalue weighted by molar-refractivity contribution is 4.91. The summed E-state index contributed by atoms with van der Waals surface area (Å²) in [6, 6.07) is 2.26. The Hall–Kier alpha value is -0.590. The molecule has 12 heavy (non-hydrogen) atoms. The average molecular weight is 167 g/mol. The van der Waals surface area contributed by atoms with Gasteiger partial charge in [-0.3, -0.25) is 0 Å². The van der Waals surface area contributed by atoms with Crippen LogP contribution in [0.2, 0.25) is 0 Å². The zero-order chi connectivity index (χ0) is 8.97. The maximum absolute atomic E-state index is 8.64. The van der Waals surface area contributed by atoms with Gasteiger partial charge in [0.1, 0.15) is 0 Å². The van der Waals surface area contributed by atoms with Crippen LogP contribution in [-0.2, 0) is 0 Å². The van der Waals surface area contributed by atoms with Gasteiger partial charge in [-0.1, -0.05) is 20.3 Å². The number of hydrogen-bond donors (Lipinski definition) is 2. The molecule has 1 saturated heterocycles. The monoisotopic (exact) mass is 167 g/mol. The van der Waals surface area contributed by atoms with E-state index >= 15 is 0 Å². The SMILES string of the molecule is CCC(C)C1NCC(C#N)CN1. The van der Waals surface area contributed by atoms with Crippen molar-refractivity contribution in [2.24, 2.45) is 11.8 Å². The lowest BCUT2D eigenvalue weighted by molar-refractivity contribution is 0.254. The van der Waals surface area contributed by atoms with Crippen molar-refractivity contribution in [1.29, 1.82) is 5.26 Å². The lowest BCUT2D eigenvalue weighted by atomic mass is 10.0. The van der Waals surface area contributed by atoms with E-state index in [0.717, 1.165) is 13.1 Å². The molecular formula is C9H17N3. The highest BCUT2D eigenvalue weighted by atomic mass is 15.2. The molecule has 0 saturated carbocycles. The van der Waals surface area contributed by atoms with E-state index in [-0.39, 0.29) is 5.92 Å². The van der Waals surface area contributed by atoms with Crippen molar-refractivity contribution in [1.82, 2.24) is 10.6 Å². The van der Waals surface area contributed by atoms with E-state index in [4.69, 9.17) is 5.26 Å². The van der Waals surface area contributed by atoms with Crippen molar-refractivity contribution >= 4 is 0 Å². The summed E-state index contributed by atoms with van der Waals surface area (Å²) < 4.78 is 0. The molecule has 1 atom stereocenters. The molecule has 0 bridgehead atoms. The van der Waals surface area contributed by atoms with Crippen LogP contribution in [0.25, 0.3) is 0 Å². The molecule has 1 unspecified atom stereocenters. The van der Waals surface area contributed by atoms with Crippen LogP contribution in [0.15, 0.2) is 0 Å². The first-order chi connectivity index (χ1) is 5.77. The molecule has 0 aliphatic carbocycles. The molecule has 0 spiro atoms. The zero-order valence-electron chi connectivity index (χ0n) is 7.80. The molecule has 1 rings (SSSR count). The second-order valence-corrected chi connectivity index (χ2v) is 3.51. The molecule has 0 aromatic heterocycles. The lowest BCUT2D eigenvalue weighted by Gasteiger charge is -2.31. The molecule has 2 N–H and O–H groups in total. The van der Waals surface area contributed by atoms with Gasteiger partial charge in [0.05, 0.1) is 18.2 Å². The molecule has 1 aliphatic rings. The van der Waals surface area contributed by atoms with Gasteiger partial charge >= 0.3 is 0 Å². The Labute approximate surface area is 74.1 Å². The van der Waals surface area contributed by atoms with Gasteiger partial charge in [-0.2, -0.15) is 5.26 Å². The van der Waals surface area contributed by atoms with Crippen molar-refractivity contribution in [3.8, 4) is 6.07 Å². The molecule has 1 fully saturated rings. The van der Waals surface area contributed by atoms with Gasteiger partial charge in [-0.15, -0.1) is 0 Å². The van der Waals surface area contributed by atoms with Gasteiger partial charge in [0.2, 0.25) is 0 Å². The Morgan fingerprint density at radius 2 is 2.08 bits per heavy atom. The number of nitrogens with one attached hydrogen (secondary N) is 2. The van der Waals surface area contributed by atoms with Crippen LogP contribution < -0.4 is 10.6 Å². The molecule has 0 amide bonds. The predicted octanol–water partition coefficient (Wildman–Crippen LogP) is 0.691. The van der Waals surface area contributed by atoms with Crippen LogP contribution in [0.1, 0.15) is 20.3 Å². The second kappa shape index (κ2) is 4.44. The summed E-state index contributed by atoms with van der Waals surface area (Å²) in [5.41, 5.74) is 0. The number of hydrogen-bond acceptors (Lipinski definition) is 3. The summed E-state index contributed by atoms with van der Waals surface area (Å²) in [7, 11) is 0. The molecule has 0 radical (unpaired) electrons. The van der Waals surface area contributed by atoms with Crippen LogP contribution in [0.4, 0.5) is 0 Å². The minimum Gasteiger partial charge on any atom is -0.300 e. The quantitative estimate of drug-likeness (QED) is 0.636. The fourth-order valence-corrected chi connectivity index (χ4v) is 1.41. The first kappa shape index (κ1) is 9.50. The summed E-state index contributed by atoms with van der Waals surface area (Å²) in [5, 5.41) is 15.3. The van der Waals surface area contributed by atoms with E-state index in [2.05, 4.69) is 30.6 Å². The van der Waals surface area contributed by atoms with Crippen molar-refractivity contribution < 1.29 is 0 Å². The van der Waals surface area contributed by atoms with Crippen LogP contribution in [0.3, 0.4) is 0 Å². The van der Waals surface area contributed by atoms with E-state index < -0.39 is 0 Å². The third kappa shape index (κ3) is 2.20. The van der Waals surface area contributed by atoms with E-state index in [1.807, 2.05) is 0 Å². The highest BCUT2D eigenvalue weighted by Crippen LogP contribution is 2.09. The Morgan fingerprint density at radius 3 is 2.50 bits per heavy atom. The van der Waals surface area contributed by atoms with Gasteiger partial charge in [-0.25, -0.2) is 0 Å². The maximum atomic E-state index is 8.64. The average Bonchev–Trinajstić information content (AvgIpc) is 2.17. The third-order valence-corrected chi connectivity index (χ3v) is 2.56. The van der Waals surface area contributed by atoms with E-state index in [1.54, 1.807) is 0 Å². The smallest absolute Gasteiger partial charge is 0.0713 e. The van der Waals surface area contributed by atoms with Crippen molar-refractivity contribution in [3.63, 3.8) is 0 Å². The highest BCUT2D eigenvalue weighted by Gasteiger charge is 2.22. The lowest BCUT2D eigenvalue weighted by Crippen LogP contribution is -2.55. The van der Waals surface area contributed by atoms with Crippen LogP contribution in [0, 0.1) is 23.2 Å². The molecule has 1 heterocycles. The topological polar surface area (TPSA) is 47.9 Å². The van der Waals surface area contributed by atoms with Crippen LogP contribution in [-0.4, -0.2) is 19.3 Å². The summed E-state index contributed by atoms with van der Waals surface area (Å²) in [6.07, 6.45) is 1.57. The first-order valence-electron chi connectivity index (χ1n) is 4.64. The van der Waals surface area contributed by atoms with Crippen molar-refractivity contribution in [3.05, 3.63) is 0 Å². The van der Waals surface area contributed by atoms with Crippen LogP contribution in [0.5, 0.6) is 0 Å². The van der Waals surface area contributed by atoms with Crippen molar-refractivity contribution in [2.75, 3.05) is 13.1 Å². The van der Waals surface area contributed by atoms with Gasteiger partial charge < -0.3 is 10.6 Å². The van der Waals surface area contributed by atoms with E-state index in [1.165, 1.54) is 6.42 Å². The normalized spacial score (nSPS) is 32.4. The first-order valence-corrected chi connectivity index (χ1v) is 4.64. The summed E-state index contributed by atoms with van der Waals surface area (Å²) in [6.45, 7) is 6.07. The number of nitriles is 1. The Balaban J connectivity index is 2.31. The Morgan fingerprint density at radius 1 is 1.50 bits per heavy atom. The summed E-state index contributed by atoms with van der Waals surface area (Å²) >= 11 is 0. The van der Waals surface area contributed by atoms with E-state index in [9.17, 15) is 0 Å². The minimum absolute atomic E-state index is 0.144. The standard InChI is InChI=1S/C9H17N3/c1-3-7(2)9-11-5-8(4-10)6-12-9/h7-9,11-12H,3,5-6H2,1-2H3. The largest absolute Gasteiger partial charge is 0.300 e. The van der Waals surface area contributed by atoms with Gasteiger partial charge in [0.15, 0.2) is 0 Å². The Bertz CT molecular complexity index is 165. The van der Waals surface area contributed by atoms with Gasteiger partial charge in [-0.05, 0) is 5.92 Å². The third-order valence-electron chi connectivity index (χ3n) is 2.56. The van der Waals surface area contributed by atoms with E-state index in [0.29, 0.717) is 12.1 Å². The van der Waals surface area contributed by atoms with Crippen LogP contribution >= 0.6 is 0 Å². The predicted molar refractivity (Wildman–Crippen MR) is 48.4 cm³/mol. The minimum atomic E-state index is 0.144. The molecule has 0 aromatic rings. The fourth-order valence-electron chi connectivity index (χ4n) is 1.41. The zero-order valence-corrected chi connectivity index (χ0v) is 7.80. The Kier molecular flexibility index (Phi) is 3.51. The maximum Gasteiger partial charge on any atom is 0.0713 e. The molecule has 3 nitrogen and oxygen atoms in total. The van der Waals surface area contributed by atoms with Crippen molar-refractivity contribution in [2.45, 2.75) is 26.4 Å². The summed E-state index contributed by atoms with van der Waals surface area (Å²) in [5.74, 6) is 0.787.